The number of hydrogen-bond acceptors (Lipinski definition) is 3. The zero-order valence-corrected chi connectivity index (χ0v) is 15.7. The highest BCUT2D eigenvalue weighted by atomic mass is 19.3. The van der Waals surface area contributed by atoms with Crippen molar-refractivity contribution in [2.24, 2.45) is 0 Å². The van der Waals surface area contributed by atoms with Crippen LogP contribution in [-0.2, 0) is 16.1 Å². The highest BCUT2D eigenvalue weighted by Gasteiger charge is 2.33. The molecule has 0 spiro atoms. The maximum Gasteiger partial charge on any atom is 0.340 e. The summed E-state index contributed by atoms with van der Waals surface area (Å²) in [5, 5.41) is 0. The molecule has 144 valence electrons. The van der Waals surface area contributed by atoms with Crippen molar-refractivity contribution in [1.82, 2.24) is 9.47 Å². The molecule has 0 aromatic carbocycles. The standard InChI is InChI=1S/C19H26F2N2O3/c1-5-22-12(3)15(18(13(22)4)19(25)26-6-2)9-10-17(24)23(11-16(20)21)14-7-8-14/h9-10,14,16H,5-8,11H2,1-4H3. The first-order valence-electron chi connectivity index (χ1n) is 8.95. The molecule has 0 unspecified atom stereocenters. The van der Waals surface area contributed by atoms with Gasteiger partial charge in [-0.2, -0.15) is 0 Å². The number of nitrogens with zero attached hydrogens (tertiary/aromatic N) is 2. The summed E-state index contributed by atoms with van der Waals surface area (Å²) in [4.78, 5) is 26.0. The fourth-order valence-electron chi connectivity index (χ4n) is 3.25. The van der Waals surface area contributed by atoms with Gasteiger partial charge in [0.15, 0.2) is 0 Å². The van der Waals surface area contributed by atoms with Crippen molar-refractivity contribution in [3.8, 4) is 0 Å². The first-order valence-corrected chi connectivity index (χ1v) is 8.95. The molecule has 1 aromatic rings. The monoisotopic (exact) mass is 368 g/mol. The van der Waals surface area contributed by atoms with E-state index in [9.17, 15) is 18.4 Å². The van der Waals surface area contributed by atoms with Crippen LogP contribution in [0.3, 0.4) is 0 Å². The molecule has 1 aromatic heterocycles. The van der Waals surface area contributed by atoms with E-state index in [-0.39, 0.29) is 12.6 Å². The first kappa shape index (κ1) is 20.1. The summed E-state index contributed by atoms with van der Waals surface area (Å²) in [5.41, 5.74) is 2.62. The van der Waals surface area contributed by atoms with E-state index in [2.05, 4.69) is 0 Å². The van der Waals surface area contributed by atoms with E-state index in [0.29, 0.717) is 17.7 Å². The van der Waals surface area contributed by atoms with Crippen LogP contribution in [0.15, 0.2) is 6.08 Å². The van der Waals surface area contributed by atoms with Crippen molar-refractivity contribution in [1.29, 1.82) is 0 Å². The molecule has 1 saturated carbocycles. The third-order valence-corrected chi connectivity index (χ3v) is 4.62. The third kappa shape index (κ3) is 4.31. The number of esters is 1. The fourth-order valence-corrected chi connectivity index (χ4v) is 3.25. The van der Waals surface area contributed by atoms with Gasteiger partial charge in [0.05, 0.1) is 18.7 Å². The number of amides is 1. The SMILES string of the molecule is CCOC(=O)c1c(C=CC(=O)N(CC(F)F)C2CC2)c(C)n(CC)c1C. The Labute approximate surface area is 152 Å². The Morgan fingerprint density at radius 1 is 1.27 bits per heavy atom. The Hall–Kier alpha value is -2.18. The minimum Gasteiger partial charge on any atom is -0.462 e. The van der Waals surface area contributed by atoms with Crippen molar-refractivity contribution in [3.63, 3.8) is 0 Å². The minimum absolute atomic E-state index is 0.103. The van der Waals surface area contributed by atoms with Crippen molar-refractivity contribution in [2.75, 3.05) is 13.2 Å². The van der Waals surface area contributed by atoms with Crippen LogP contribution in [0.5, 0.6) is 0 Å². The molecule has 0 N–H and O–H groups in total. The first-order chi connectivity index (χ1) is 12.3. The van der Waals surface area contributed by atoms with E-state index in [4.69, 9.17) is 4.74 Å². The number of aromatic nitrogens is 1. The van der Waals surface area contributed by atoms with E-state index in [0.717, 1.165) is 24.2 Å². The summed E-state index contributed by atoms with van der Waals surface area (Å²) in [7, 11) is 0. The van der Waals surface area contributed by atoms with E-state index in [1.54, 1.807) is 13.0 Å². The highest BCUT2D eigenvalue weighted by molar-refractivity contribution is 5.99. The number of ether oxygens (including phenoxy) is 1. The maximum absolute atomic E-state index is 12.7. The van der Waals surface area contributed by atoms with E-state index >= 15 is 0 Å². The summed E-state index contributed by atoms with van der Waals surface area (Å²) in [6, 6.07) is -0.103. The summed E-state index contributed by atoms with van der Waals surface area (Å²) in [6.07, 6.45) is 1.78. The Kier molecular flexibility index (Phi) is 6.56. The largest absolute Gasteiger partial charge is 0.462 e. The molecule has 0 bridgehead atoms. The molecular weight excluding hydrogens is 342 g/mol. The summed E-state index contributed by atoms with van der Waals surface area (Å²) in [6.45, 7) is 7.74. The Morgan fingerprint density at radius 2 is 1.92 bits per heavy atom. The van der Waals surface area contributed by atoms with Crippen LogP contribution in [0, 0.1) is 13.8 Å². The van der Waals surface area contributed by atoms with Crippen LogP contribution in [0.2, 0.25) is 0 Å². The van der Waals surface area contributed by atoms with Crippen LogP contribution in [0.4, 0.5) is 8.78 Å². The molecule has 1 fully saturated rings. The molecule has 26 heavy (non-hydrogen) atoms. The van der Waals surface area contributed by atoms with Gasteiger partial charge in [-0.1, -0.05) is 0 Å². The zero-order chi connectivity index (χ0) is 19.4. The second-order valence-corrected chi connectivity index (χ2v) is 6.37. The summed E-state index contributed by atoms with van der Waals surface area (Å²) >= 11 is 0. The van der Waals surface area contributed by atoms with Crippen LogP contribution in [0.25, 0.3) is 6.08 Å². The molecule has 0 saturated heterocycles. The van der Waals surface area contributed by atoms with Gasteiger partial charge in [0.1, 0.15) is 0 Å². The second kappa shape index (κ2) is 8.47. The van der Waals surface area contributed by atoms with Gasteiger partial charge in [0.2, 0.25) is 5.91 Å². The molecule has 5 nitrogen and oxygen atoms in total. The lowest BCUT2D eigenvalue weighted by molar-refractivity contribution is -0.128. The topological polar surface area (TPSA) is 51.5 Å². The lowest BCUT2D eigenvalue weighted by Crippen LogP contribution is -2.35. The molecule has 1 aliphatic carbocycles. The van der Waals surface area contributed by atoms with Gasteiger partial charge in [-0.3, -0.25) is 4.79 Å². The third-order valence-electron chi connectivity index (χ3n) is 4.62. The molecule has 0 aliphatic heterocycles. The molecule has 7 heteroatoms. The van der Waals surface area contributed by atoms with Gasteiger partial charge in [-0.15, -0.1) is 0 Å². The second-order valence-electron chi connectivity index (χ2n) is 6.37. The Bertz CT molecular complexity index is 706. The van der Waals surface area contributed by atoms with Gasteiger partial charge in [-0.25, -0.2) is 13.6 Å². The average Bonchev–Trinajstić information content (AvgIpc) is 3.37. The van der Waals surface area contributed by atoms with Crippen LogP contribution in [-0.4, -0.2) is 47.0 Å². The number of alkyl halides is 2. The van der Waals surface area contributed by atoms with Crippen LogP contribution >= 0.6 is 0 Å². The zero-order valence-electron chi connectivity index (χ0n) is 15.7. The predicted molar refractivity (Wildman–Crippen MR) is 95.3 cm³/mol. The maximum atomic E-state index is 12.7. The quantitative estimate of drug-likeness (QED) is 0.521. The van der Waals surface area contributed by atoms with E-state index in [1.807, 2.05) is 25.3 Å². The highest BCUT2D eigenvalue weighted by Crippen LogP contribution is 2.29. The van der Waals surface area contributed by atoms with Gasteiger partial charge < -0.3 is 14.2 Å². The smallest absolute Gasteiger partial charge is 0.340 e. The molecule has 0 radical (unpaired) electrons. The average molecular weight is 368 g/mol. The lowest BCUT2D eigenvalue weighted by Gasteiger charge is -2.20. The molecule has 1 heterocycles. The predicted octanol–water partition coefficient (Wildman–Crippen LogP) is 3.57. The van der Waals surface area contributed by atoms with Crippen LogP contribution in [0.1, 0.15) is 54.0 Å². The van der Waals surface area contributed by atoms with Crippen molar-refractivity contribution in [2.45, 2.75) is 59.5 Å². The fraction of sp³-hybridized carbons (Fsp3) is 0.579. The molecule has 1 amide bonds. The molecule has 1 aliphatic rings. The van der Waals surface area contributed by atoms with Gasteiger partial charge in [0, 0.05) is 35.6 Å². The number of hydrogen-bond donors (Lipinski definition) is 0. The van der Waals surface area contributed by atoms with Gasteiger partial charge in [0.25, 0.3) is 6.43 Å². The Morgan fingerprint density at radius 3 is 2.42 bits per heavy atom. The molecule has 0 atom stereocenters. The minimum atomic E-state index is -2.56. The van der Waals surface area contributed by atoms with E-state index in [1.165, 1.54) is 11.0 Å². The summed E-state index contributed by atoms with van der Waals surface area (Å²) in [5.74, 6) is -0.900. The van der Waals surface area contributed by atoms with E-state index < -0.39 is 24.8 Å². The number of rotatable bonds is 8. The van der Waals surface area contributed by atoms with Crippen molar-refractivity contribution >= 4 is 18.0 Å². The lowest BCUT2D eigenvalue weighted by atomic mass is 10.1. The molecular formula is C19H26F2N2O3. The van der Waals surface area contributed by atoms with Gasteiger partial charge in [-0.05, 0) is 46.6 Å². The number of carbonyl (C=O) groups is 2. The normalized spacial score (nSPS) is 14.3. The summed E-state index contributed by atoms with van der Waals surface area (Å²) < 4.78 is 32.6. The van der Waals surface area contributed by atoms with Gasteiger partial charge >= 0.3 is 5.97 Å². The Balaban J connectivity index is 2.33. The van der Waals surface area contributed by atoms with Crippen LogP contribution < -0.4 is 0 Å². The van der Waals surface area contributed by atoms with Crippen molar-refractivity contribution < 1.29 is 23.1 Å². The number of carbonyl (C=O) groups excluding carboxylic acids is 2. The number of halogens is 2. The van der Waals surface area contributed by atoms with Crippen molar-refractivity contribution in [3.05, 3.63) is 28.6 Å². The molecule has 2 rings (SSSR count).